The second-order valence-electron chi connectivity index (χ2n) is 7.15. The first kappa shape index (κ1) is 19.1. The Morgan fingerprint density at radius 3 is 2.75 bits per heavy atom. The number of aryl methyl sites for hydroxylation is 1. The zero-order valence-corrected chi connectivity index (χ0v) is 16.7. The predicted molar refractivity (Wildman–Crippen MR) is 109 cm³/mol. The van der Waals surface area contributed by atoms with Gasteiger partial charge in [0.25, 0.3) is 0 Å². The number of rotatable bonds is 3. The summed E-state index contributed by atoms with van der Waals surface area (Å²) in [5.74, 6) is -0.239. The van der Waals surface area contributed by atoms with E-state index in [2.05, 4.69) is 22.2 Å². The van der Waals surface area contributed by atoms with Crippen LogP contribution in [0, 0.1) is 11.6 Å². The first-order valence-electron chi connectivity index (χ1n) is 9.32. The molecule has 0 bridgehead atoms. The molecule has 28 heavy (non-hydrogen) atoms. The number of nitrogens with zero attached hydrogens (tertiary/aromatic N) is 4. The summed E-state index contributed by atoms with van der Waals surface area (Å²) in [6, 6.07) is 4.37. The molecule has 2 atom stereocenters. The van der Waals surface area contributed by atoms with E-state index in [4.69, 9.17) is 5.73 Å². The van der Waals surface area contributed by atoms with Crippen molar-refractivity contribution in [3.63, 3.8) is 0 Å². The Bertz CT molecular complexity index is 878. The molecule has 1 fully saturated rings. The molecule has 150 valence electrons. The summed E-state index contributed by atoms with van der Waals surface area (Å²) in [5.41, 5.74) is 6.85. The Labute approximate surface area is 167 Å². The van der Waals surface area contributed by atoms with Crippen LogP contribution in [0.3, 0.4) is 0 Å². The molecule has 0 aliphatic carbocycles. The molecule has 0 radical (unpaired) electrons. The predicted octanol–water partition coefficient (Wildman–Crippen LogP) is 2.90. The van der Waals surface area contributed by atoms with Gasteiger partial charge in [0.15, 0.2) is 5.82 Å². The monoisotopic (exact) mass is 406 g/mol. The quantitative estimate of drug-likeness (QED) is 0.817. The summed E-state index contributed by atoms with van der Waals surface area (Å²) < 4.78 is 30.8. The highest BCUT2D eigenvalue weighted by atomic mass is 32.2. The van der Waals surface area contributed by atoms with E-state index in [1.165, 1.54) is 30.0 Å². The first-order valence-corrected chi connectivity index (χ1v) is 10.2. The number of thioether (sulfide) groups is 1. The Balaban J connectivity index is 1.74. The molecular weight excluding hydrogens is 382 g/mol. The van der Waals surface area contributed by atoms with Gasteiger partial charge in [-0.25, -0.2) is 8.78 Å². The molecule has 1 saturated heterocycles. The standard InChI is InChI=1S/C19H24F2N6S/c1-12-6-8-26(9-7-23-12)18-15(10-24-25(18)2)27-11-16(22)28-19(27)17-13(20)4-3-5-14(17)21/h3-5,10-12,19,23H,6-9,22H2,1-2H3. The molecule has 1 aromatic heterocycles. The van der Waals surface area contributed by atoms with Crippen molar-refractivity contribution in [2.75, 3.05) is 29.4 Å². The average Bonchev–Trinajstić information content (AvgIpc) is 3.13. The molecule has 9 heteroatoms. The number of benzene rings is 1. The minimum absolute atomic E-state index is 0.00478. The van der Waals surface area contributed by atoms with Crippen molar-refractivity contribution in [3.8, 4) is 0 Å². The summed E-state index contributed by atoms with van der Waals surface area (Å²) in [6.07, 6.45) is 4.47. The smallest absolute Gasteiger partial charge is 0.150 e. The van der Waals surface area contributed by atoms with Gasteiger partial charge in [0.1, 0.15) is 22.7 Å². The van der Waals surface area contributed by atoms with Gasteiger partial charge in [-0.3, -0.25) is 4.68 Å². The Morgan fingerprint density at radius 1 is 1.25 bits per heavy atom. The maximum absolute atomic E-state index is 14.5. The second kappa shape index (κ2) is 7.63. The highest BCUT2D eigenvalue weighted by molar-refractivity contribution is 8.03. The first-order chi connectivity index (χ1) is 13.5. The van der Waals surface area contributed by atoms with Crippen molar-refractivity contribution in [2.45, 2.75) is 24.8 Å². The molecule has 2 unspecified atom stereocenters. The van der Waals surface area contributed by atoms with E-state index >= 15 is 0 Å². The maximum Gasteiger partial charge on any atom is 0.150 e. The van der Waals surface area contributed by atoms with Crippen LogP contribution in [0.15, 0.2) is 35.6 Å². The Hall–Kier alpha value is -2.26. The van der Waals surface area contributed by atoms with Crippen LogP contribution in [0.1, 0.15) is 24.3 Å². The number of anilines is 2. The van der Waals surface area contributed by atoms with E-state index in [1.807, 2.05) is 16.6 Å². The van der Waals surface area contributed by atoms with Gasteiger partial charge in [0.05, 0.1) is 16.8 Å². The summed E-state index contributed by atoms with van der Waals surface area (Å²) in [7, 11) is 1.88. The van der Waals surface area contributed by atoms with Gasteiger partial charge in [-0.1, -0.05) is 17.8 Å². The summed E-state index contributed by atoms with van der Waals surface area (Å²) in [4.78, 5) is 4.09. The lowest BCUT2D eigenvalue weighted by Crippen LogP contribution is -2.31. The Morgan fingerprint density at radius 2 is 2.00 bits per heavy atom. The van der Waals surface area contributed by atoms with Crippen molar-refractivity contribution in [2.24, 2.45) is 12.8 Å². The van der Waals surface area contributed by atoms with E-state index in [1.54, 1.807) is 12.4 Å². The van der Waals surface area contributed by atoms with Crippen molar-refractivity contribution in [1.82, 2.24) is 15.1 Å². The van der Waals surface area contributed by atoms with Crippen molar-refractivity contribution in [1.29, 1.82) is 0 Å². The van der Waals surface area contributed by atoms with Crippen LogP contribution in [0.5, 0.6) is 0 Å². The SMILES string of the molecule is CC1CCN(c2c(N3C=C(N)SC3c3c(F)cccc3F)cnn2C)CCN1. The molecule has 1 aromatic carbocycles. The fourth-order valence-corrected chi connectivity index (χ4v) is 4.81. The number of nitrogens with one attached hydrogen (secondary N) is 1. The van der Waals surface area contributed by atoms with Gasteiger partial charge in [0, 0.05) is 38.9 Å². The number of aromatic nitrogens is 2. The molecule has 2 aliphatic rings. The van der Waals surface area contributed by atoms with E-state index in [-0.39, 0.29) is 5.56 Å². The van der Waals surface area contributed by atoms with Crippen molar-refractivity contribution >= 4 is 23.3 Å². The van der Waals surface area contributed by atoms with Gasteiger partial charge in [-0.15, -0.1) is 0 Å². The van der Waals surface area contributed by atoms with E-state index in [9.17, 15) is 8.78 Å². The van der Waals surface area contributed by atoms with E-state index in [0.29, 0.717) is 11.1 Å². The molecule has 0 amide bonds. The van der Waals surface area contributed by atoms with Gasteiger partial charge in [-0.2, -0.15) is 5.10 Å². The van der Waals surface area contributed by atoms with Gasteiger partial charge < -0.3 is 20.9 Å². The molecule has 0 saturated carbocycles. The van der Waals surface area contributed by atoms with Crippen LogP contribution >= 0.6 is 11.8 Å². The fourth-order valence-electron chi connectivity index (χ4n) is 3.75. The third kappa shape index (κ3) is 3.44. The van der Waals surface area contributed by atoms with Crippen LogP contribution < -0.4 is 20.9 Å². The molecule has 2 aliphatic heterocycles. The third-order valence-electron chi connectivity index (χ3n) is 5.19. The van der Waals surface area contributed by atoms with Crippen LogP contribution in [-0.2, 0) is 7.05 Å². The molecule has 3 heterocycles. The highest BCUT2D eigenvalue weighted by Crippen LogP contribution is 2.48. The van der Waals surface area contributed by atoms with Crippen LogP contribution in [0.4, 0.5) is 20.3 Å². The van der Waals surface area contributed by atoms with Crippen LogP contribution in [0.25, 0.3) is 0 Å². The van der Waals surface area contributed by atoms with Gasteiger partial charge in [0.2, 0.25) is 0 Å². The highest BCUT2D eigenvalue weighted by Gasteiger charge is 2.35. The molecule has 4 rings (SSSR count). The minimum Gasteiger partial charge on any atom is -0.392 e. The lowest BCUT2D eigenvalue weighted by atomic mass is 10.1. The number of hydrogen-bond donors (Lipinski definition) is 2. The molecule has 6 nitrogen and oxygen atoms in total. The van der Waals surface area contributed by atoms with Crippen molar-refractivity contribution in [3.05, 3.63) is 52.8 Å². The number of hydrogen-bond acceptors (Lipinski definition) is 6. The zero-order chi connectivity index (χ0) is 19.8. The zero-order valence-electron chi connectivity index (χ0n) is 15.9. The molecule has 2 aromatic rings. The maximum atomic E-state index is 14.5. The van der Waals surface area contributed by atoms with Crippen molar-refractivity contribution < 1.29 is 8.78 Å². The van der Waals surface area contributed by atoms with Gasteiger partial charge in [-0.05, 0) is 25.5 Å². The molecule has 3 N–H and O–H groups in total. The topological polar surface area (TPSA) is 62.4 Å². The van der Waals surface area contributed by atoms with Gasteiger partial charge >= 0.3 is 0 Å². The van der Waals surface area contributed by atoms with E-state index in [0.717, 1.165) is 37.6 Å². The van der Waals surface area contributed by atoms with Crippen LogP contribution in [0.2, 0.25) is 0 Å². The van der Waals surface area contributed by atoms with Crippen LogP contribution in [-0.4, -0.2) is 35.5 Å². The average molecular weight is 407 g/mol. The molecule has 0 spiro atoms. The lowest BCUT2D eigenvalue weighted by Gasteiger charge is -2.29. The number of halogens is 2. The largest absolute Gasteiger partial charge is 0.392 e. The third-order valence-corrected chi connectivity index (χ3v) is 6.25. The van der Waals surface area contributed by atoms with E-state index < -0.39 is 17.0 Å². The minimum atomic E-state index is -0.617. The molecular formula is C19H24F2N6S. The fraction of sp³-hybridized carbons (Fsp3) is 0.421. The summed E-state index contributed by atoms with van der Waals surface area (Å²) >= 11 is 1.24. The summed E-state index contributed by atoms with van der Waals surface area (Å²) in [6.45, 7) is 4.74. The number of nitrogens with two attached hydrogens (primary N) is 1. The Kier molecular flexibility index (Phi) is 5.20. The lowest BCUT2D eigenvalue weighted by molar-refractivity contribution is 0.554. The summed E-state index contributed by atoms with van der Waals surface area (Å²) in [5, 5.41) is 7.80. The normalized spacial score (nSPS) is 23.1. The second-order valence-corrected chi connectivity index (χ2v) is 8.31.